The van der Waals surface area contributed by atoms with Crippen LogP contribution in [0.4, 0.5) is 13.9 Å². The average Bonchev–Trinajstić information content (AvgIpc) is 3.13. The van der Waals surface area contributed by atoms with Gasteiger partial charge in [0, 0.05) is 13.1 Å². The van der Waals surface area contributed by atoms with E-state index in [4.69, 9.17) is 0 Å². The monoisotopic (exact) mass is 417 g/mol. The summed E-state index contributed by atoms with van der Waals surface area (Å²) >= 11 is 1.37. The van der Waals surface area contributed by atoms with Gasteiger partial charge in [0.15, 0.2) is 5.13 Å². The molecule has 0 aliphatic carbocycles. The third-order valence-electron chi connectivity index (χ3n) is 5.04. The Kier molecular flexibility index (Phi) is 6.92. The van der Waals surface area contributed by atoms with Crippen molar-refractivity contribution in [2.75, 3.05) is 31.1 Å². The standard InChI is InChI=1S/C22H25F2N3OS/c1-4-15-10-11-18-19(14-15)29-22(25-18)27(13-12-26(5-2)6-3)21(28)20-16(23)8-7-9-17(20)24/h7-11,14H,4-6,12-13H2,1-3H3. The van der Waals surface area contributed by atoms with E-state index < -0.39 is 23.1 Å². The summed E-state index contributed by atoms with van der Waals surface area (Å²) in [5.41, 5.74) is 1.41. The molecule has 154 valence electrons. The number of carbonyl (C=O) groups is 1. The maximum Gasteiger partial charge on any atom is 0.266 e. The maximum atomic E-state index is 14.3. The van der Waals surface area contributed by atoms with Crippen molar-refractivity contribution < 1.29 is 13.6 Å². The maximum absolute atomic E-state index is 14.3. The molecule has 0 radical (unpaired) electrons. The van der Waals surface area contributed by atoms with Gasteiger partial charge in [0.2, 0.25) is 0 Å². The van der Waals surface area contributed by atoms with Crippen LogP contribution in [0.15, 0.2) is 36.4 Å². The lowest BCUT2D eigenvalue weighted by molar-refractivity contribution is 0.0975. The molecule has 7 heteroatoms. The number of hydrogen-bond acceptors (Lipinski definition) is 4. The molecule has 0 spiro atoms. The molecule has 4 nitrogen and oxygen atoms in total. The Balaban J connectivity index is 2.01. The zero-order chi connectivity index (χ0) is 21.0. The van der Waals surface area contributed by atoms with Gasteiger partial charge in [-0.25, -0.2) is 13.8 Å². The van der Waals surface area contributed by atoms with Gasteiger partial charge in [-0.05, 0) is 49.3 Å². The van der Waals surface area contributed by atoms with E-state index in [9.17, 15) is 13.6 Å². The molecule has 2 aromatic carbocycles. The second kappa shape index (κ2) is 9.41. The van der Waals surface area contributed by atoms with Crippen LogP contribution in [-0.4, -0.2) is 42.0 Å². The van der Waals surface area contributed by atoms with Crippen LogP contribution >= 0.6 is 11.3 Å². The number of carbonyl (C=O) groups excluding carboxylic acids is 1. The minimum absolute atomic E-state index is 0.300. The summed E-state index contributed by atoms with van der Waals surface area (Å²) in [4.78, 5) is 21.3. The Morgan fingerprint density at radius 2 is 1.72 bits per heavy atom. The van der Waals surface area contributed by atoms with Gasteiger partial charge >= 0.3 is 0 Å². The number of fused-ring (bicyclic) bond motifs is 1. The molecule has 3 rings (SSSR count). The van der Waals surface area contributed by atoms with Crippen LogP contribution in [0.25, 0.3) is 10.2 Å². The quantitative estimate of drug-likeness (QED) is 0.510. The van der Waals surface area contributed by atoms with Crippen molar-refractivity contribution in [2.24, 2.45) is 0 Å². The molecule has 1 amide bonds. The lowest BCUT2D eigenvalue weighted by Crippen LogP contribution is -2.39. The van der Waals surface area contributed by atoms with Crippen molar-refractivity contribution in [3.05, 3.63) is 59.2 Å². The highest BCUT2D eigenvalue weighted by Crippen LogP contribution is 2.31. The van der Waals surface area contributed by atoms with Crippen LogP contribution < -0.4 is 4.90 Å². The second-order valence-corrected chi connectivity index (χ2v) is 7.74. The minimum Gasteiger partial charge on any atom is -0.302 e. The summed E-state index contributed by atoms with van der Waals surface area (Å²) in [6, 6.07) is 9.43. The number of hydrogen-bond donors (Lipinski definition) is 0. The summed E-state index contributed by atoms with van der Waals surface area (Å²) < 4.78 is 29.5. The highest BCUT2D eigenvalue weighted by molar-refractivity contribution is 7.22. The summed E-state index contributed by atoms with van der Waals surface area (Å²) in [5.74, 6) is -2.43. The predicted molar refractivity (Wildman–Crippen MR) is 115 cm³/mol. The fourth-order valence-electron chi connectivity index (χ4n) is 3.19. The molecule has 0 aliphatic heterocycles. The molecule has 1 aromatic heterocycles. The van der Waals surface area contributed by atoms with E-state index in [0.29, 0.717) is 18.2 Å². The largest absolute Gasteiger partial charge is 0.302 e. The number of amides is 1. The number of aryl methyl sites for hydroxylation is 1. The van der Waals surface area contributed by atoms with Crippen LogP contribution in [0.5, 0.6) is 0 Å². The molecule has 0 saturated carbocycles. The van der Waals surface area contributed by atoms with E-state index >= 15 is 0 Å². The van der Waals surface area contributed by atoms with E-state index in [0.717, 1.165) is 41.9 Å². The average molecular weight is 418 g/mol. The SMILES string of the molecule is CCc1ccc2nc(N(CCN(CC)CC)C(=O)c3c(F)cccc3F)sc2c1. The number of nitrogens with zero attached hydrogens (tertiary/aromatic N) is 3. The topological polar surface area (TPSA) is 36.4 Å². The molecule has 0 fully saturated rings. The first-order valence-electron chi connectivity index (χ1n) is 9.86. The lowest BCUT2D eigenvalue weighted by Gasteiger charge is -2.25. The van der Waals surface area contributed by atoms with Crippen LogP contribution in [0.1, 0.15) is 36.7 Å². The van der Waals surface area contributed by atoms with E-state index in [1.807, 2.05) is 32.0 Å². The summed E-state index contributed by atoms with van der Waals surface area (Å²) in [6.07, 6.45) is 0.897. The van der Waals surface area contributed by atoms with Crippen LogP contribution in [0.2, 0.25) is 0 Å². The molecular formula is C22H25F2N3OS. The van der Waals surface area contributed by atoms with Crippen LogP contribution in [-0.2, 0) is 6.42 Å². The van der Waals surface area contributed by atoms with Gasteiger partial charge < -0.3 is 4.90 Å². The highest BCUT2D eigenvalue weighted by atomic mass is 32.1. The van der Waals surface area contributed by atoms with Gasteiger partial charge in [-0.1, -0.05) is 44.2 Å². The molecule has 3 aromatic rings. The van der Waals surface area contributed by atoms with Crippen molar-refractivity contribution in [1.29, 1.82) is 0 Å². The number of aromatic nitrogens is 1. The highest BCUT2D eigenvalue weighted by Gasteiger charge is 2.27. The number of halogens is 2. The third-order valence-corrected chi connectivity index (χ3v) is 6.08. The minimum atomic E-state index is -0.864. The summed E-state index contributed by atoms with van der Waals surface area (Å²) in [7, 11) is 0. The first-order valence-corrected chi connectivity index (χ1v) is 10.7. The normalized spacial score (nSPS) is 11.4. The number of likely N-dealkylation sites (N-methyl/N-ethyl adjacent to an activating group) is 1. The summed E-state index contributed by atoms with van der Waals surface area (Å²) in [5, 5.41) is 0.452. The zero-order valence-corrected chi connectivity index (χ0v) is 17.7. The van der Waals surface area contributed by atoms with Crippen molar-refractivity contribution in [1.82, 2.24) is 9.88 Å². The Labute approximate surface area is 173 Å². The molecule has 1 heterocycles. The van der Waals surface area contributed by atoms with Gasteiger partial charge in [0.25, 0.3) is 5.91 Å². The Morgan fingerprint density at radius 3 is 2.34 bits per heavy atom. The Hall–Kier alpha value is -2.38. The number of anilines is 1. The molecular weight excluding hydrogens is 392 g/mol. The molecule has 0 N–H and O–H groups in total. The van der Waals surface area contributed by atoms with Crippen LogP contribution in [0, 0.1) is 11.6 Å². The molecule has 0 bridgehead atoms. The first-order chi connectivity index (χ1) is 14.0. The third kappa shape index (κ3) is 4.62. The van der Waals surface area contributed by atoms with Gasteiger partial charge in [-0.2, -0.15) is 0 Å². The summed E-state index contributed by atoms with van der Waals surface area (Å²) in [6.45, 7) is 8.69. The predicted octanol–water partition coefficient (Wildman–Crippen LogP) is 5.13. The smallest absolute Gasteiger partial charge is 0.266 e. The Bertz CT molecular complexity index is 981. The van der Waals surface area contributed by atoms with E-state index in [1.54, 1.807) is 0 Å². The zero-order valence-electron chi connectivity index (χ0n) is 16.9. The molecule has 0 unspecified atom stereocenters. The number of thiazole rings is 1. The molecule has 0 saturated heterocycles. The van der Waals surface area contributed by atoms with Gasteiger partial charge in [-0.15, -0.1) is 0 Å². The van der Waals surface area contributed by atoms with Crippen molar-refractivity contribution in [3.63, 3.8) is 0 Å². The van der Waals surface area contributed by atoms with Crippen molar-refractivity contribution >= 4 is 32.6 Å². The van der Waals surface area contributed by atoms with Crippen molar-refractivity contribution in [2.45, 2.75) is 27.2 Å². The molecule has 0 atom stereocenters. The second-order valence-electron chi connectivity index (χ2n) is 6.73. The molecule has 29 heavy (non-hydrogen) atoms. The van der Waals surface area contributed by atoms with Gasteiger partial charge in [-0.3, -0.25) is 9.69 Å². The number of rotatable bonds is 8. The lowest BCUT2D eigenvalue weighted by atomic mass is 10.1. The van der Waals surface area contributed by atoms with Crippen molar-refractivity contribution in [3.8, 4) is 0 Å². The first kappa shape index (κ1) is 21.3. The van der Waals surface area contributed by atoms with E-state index in [1.165, 1.54) is 27.9 Å². The Morgan fingerprint density at radius 1 is 1.03 bits per heavy atom. The van der Waals surface area contributed by atoms with Gasteiger partial charge in [0.05, 0.1) is 10.2 Å². The van der Waals surface area contributed by atoms with E-state index in [-0.39, 0.29) is 0 Å². The van der Waals surface area contributed by atoms with E-state index in [2.05, 4.69) is 16.8 Å². The fourth-order valence-corrected chi connectivity index (χ4v) is 4.25. The van der Waals surface area contributed by atoms with Crippen LogP contribution in [0.3, 0.4) is 0 Å². The van der Waals surface area contributed by atoms with Gasteiger partial charge in [0.1, 0.15) is 17.2 Å². The fraction of sp³-hybridized carbons (Fsp3) is 0.364. The number of benzene rings is 2. The molecule has 0 aliphatic rings.